The van der Waals surface area contributed by atoms with Crippen LogP contribution in [0.3, 0.4) is 0 Å². The van der Waals surface area contributed by atoms with E-state index < -0.39 is 15.3 Å². The van der Waals surface area contributed by atoms with E-state index in [1.54, 1.807) is 13.8 Å². The second-order valence-electron chi connectivity index (χ2n) is 7.86. The predicted octanol–water partition coefficient (Wildman–Crippen LogP) is 3.94. The highest BCUT2D eigenvalue weighted by Gasteiger charge is 2.23. The first kappa shape index (κ1) is 22.6. The van der Waals surface area contributed by atoms with Crippen molar-refractivity contribution in [1.82, 2.24) is 4.72 Å². The maximum atomic E-state index is 11.9. The van der Waals surface area contributed by atoms with E-state index in [2.05, 4.69) is 29.9 Å². The molecule has 0 amide bonds. The third-order valence-electron chi connectivity index (χ3n) is 5.46. The van der Waals surface area contributed by atoms with Crippen LogP contribution < -0.4 is 4.72 Å². The summed E-state index contributed by atoms with van der Waals surface area (Å²) in [5.74, 6) is 0.594. The number of ether oxygens (including phenoxy) is 1. The summed E-state index contributed by atoms with van der Waals surface area (Å²) in [6.45, 7) is 8.22. The van der Waals surface area contributed by atoms with Crippen molar-refractivity contribution in [3.8, 4) is 0 Å². The van der Waals surface area contributed by atoms with Gasteiger partial charge in [0.25, 0.3) is 0 Å². The van der Waals surface area contributed by atoms with Gasteiger partial charge < -0.3 is 4.74 Å². The molecule has 0 aromatic heterocycles. The number of benzene rings is 1. The third kappa shape index (κ3) is 6.45. The standard InChI is InChI=1S/C22H33NO4S/c1-5-27-22(24)14-18-6-8-20(9-7-18)21-12-10-19(11-13-21)17(4)15-23-28(25,26)16(2)3/h6-9,12,16-17,19,23H,5,10-11,13-15H2,1-4H3. The fourth-order valence-electron chi connectivity index (χ4n) is 3.43. The van der Waals surface area contributed by atoms with Crippen LogP contribution in [0.5, 0.6) is 0 Å². The van der Waals surface area contributed by atoms with Gasteiger partial charge in [-0.2, -0.15) is 0 Å². The lowest BCUT2D eigenvalue weighted by Crippen LogP contribution is -2.36. The second kappa shape index (κ2) is 10.2. The maximum absolute atomic E-state index is 11.9. The molecule has 0 radical (unpaired) electrons. The summed E-state index contributed by atoms with van der Waals surface area (Å²) in [6.07, 6.45) is 5.59. The molecular weight excluding hydrogens is 374 g/mol. The molecule has 0 heterocycles. The van der Waals surface area contributed by atoms with E-state index in [0.29, 0.717) is 31.4 Å². The number of nitrogens with one attached hydrogen (secondary N) is 1. The first-order valence-electron chi connectivity index (χ1n) is 10.1. The van der Waals surface area contributed by atoms with E-state index in [1.807, 2.05) is 19.1 Å². The van der Waals surface area contributed by atoms with Crippen LogP contribution in [0.1, 0.15) is 58.1 Å². The highest BCUT2D eigenvalue weighted by molar-refractivity contribution is 7.90. The van der Waals surface area contributed by atoms with Gasteiger partial charge in [0.05, 0.1) is 18.3 Å². The lowest BCUT2D eigenvalue weighted by Gasteiger charge is -2.28. The molecule has 0 saturated carbocycles. The zero-order valence-electron chi connectivity index (χ0n) is 17.4. The van der Waals surface area contributed by atoms with E-state index in [1.165, 1.54) is 11.1 Å². The van der Waals surface area contributed by atoms with E-state index in [9.17, 15) is 13.2 Å². The Morgan fingerprint density at radius 1 is 1.21 bits per heavy atom. The average molecular weight is 408 g/mol. The van der Waals surface area contributed by atoms with Gasteiger partial charge in [0.15, 0.2) is 0 Å². The molecule has 0 bridgehead atoms. The Balaban J connectivity index is 1.90. The summed E-state index contributed by atoms with van der Waals surface area (Å²) in [4.78, 5) is 11.6. The minimum Gasteiger partial charge on any atom is -0.466 e. The van der Waals surface area contributed by atoms with Crippen LogP contribution >= 0.6 is 0 Å². The van der Waals surface area contributed by atoms with Gasteiger partial charge >= 0.3 is 5.97 Å². The fraction of sp³-hybridized carbons (Fsp3) is 0.591. The van der Waals surface area contributed by atoms with Gasteiger partial charge in [-0.3, -0.25) is 4.79 Å². The number of rotatable bonds is 9. The quantitative estimate of drug-likeness (QED) is 0.629. The SMILES string of the molecule is CCOC(=O)Cc1ccc(C2=CCC(C(C)CNS(=O)(=O)C(C)C)CC2)cc1. The lowest BCUT2D eigenvalue weighted by molar-refractivity contribution is -0.142. The minimum atomic E-state index is -3.20. The number of esters is 1. The first-order chi connectivity index (χ1) is 13.2. The van der Waals surface area contributed by atoms with Crippen LogP contribution in [0.4, 0.5) is 0 Å². The molecule has 2 rings (SSSR count). The molecule has 1 aliphatic rings. The smallest absolute Gasteiger partial charge is 0.310 e. The van der Waals surface area contributed by atoms with Gasteiger partial charge in [0, 0.05) is 6.54 Å². The molecule has 1 aromatic carbocycles. The number of carbonyl (C=O) groups excluding carboxylic acids is 1. The Labute approximate surface area is 169 Å². The monoisotopic (exact) mass is 407 g/mol. The number of sulfonamides is 1. The molecule has 1 aliphatic carbocycles. The van der Waals surface area contributed by atoms with Crippen LogP contribution in [0.25, 0.3) is 5.57 Å². The summed E-state index contributed by atoms with van der Waals surface area (Å²) in [6, 6.07) is 8.12. The topological polar surface area (TPSA) is 72.5 Å². The summed E-state index contributed by atoms with van der Waals surface area (Å²) in [5.41, 5.74) is 3.48. The Bertz CT molecular complexity index is 781. The molecule has 28 heavy (non-hydrogen) atoms. The van der Waals surface area contributed by atoms with E-state index in [4.69, 9.17) is 4.74 Å². The molecular formula is C22H33NO4S. The highest BCUT2D eigenvalue weighted by atomic mass is 32.2. The largest absolute Gasteiger partial charge is 0.466 e. The highest BCUT2D eigenvalue weighted by Crippen LogP contribution is 2.34. The van der Waals surface area contributed by atoms with Crippen molar-refractivity contribution < 1.29 is 17.9 Å². The Morgan fingerprint density at radius 2 is 1.89 bits per heavy atom. The minimum absolute atomic E-state index is 0.197. The first-order valence-corrected chi connectivity index (χ1v) is 11.7. The second-order valence-corrected chi connectivity index (χ2v) is 10.2. The Hall–Kier alpha value is -1.66. The molecule has 2 unspecified atom stereocenters. The third-order valence-corrected chi connectivity index (χ3v) is 7.27. The van der Waals surface area contributed by atoms with Crippen molar-refractivity contribution >= 4 is 21.6 Å². The van der Waals surface area contributed by atoms with Crippen LogP contribution in [0.15, 0.2) is 30.3 Å². The average Bonchev–Trinajstić information content (AvgIpc) is 2.67. The summed E-state index contributed by atoms with van der Waals surface area (Å²) in [7, 11) is -3.20. The summed E-state index contributed by atoms with van der Waals surface area (Å²) < 4.78 is 31.6. The molecule has 1 N–H and O–H groups in total. The predicted molar refractivity (Wildman–Crippen MR) is 113 cm³/mol. The van der Waals surface area contributed by atoms with Crippen molar-refractivity contribution in [2.45, 2.75) is 58.6 Å². The van der Waals surface area contributed by atoms with Crippen molar-refractivity contribution in [3.05, 3.63) is 41.5 Å². The van der Waals surface area contributed by atoms with E-state index in [-0.39, 0.29) is 5.97 Å². The molecule has 1 aromatic rings. The lowest BCUT2D eigenvalue weighted by atomic mass is 9.80. The molecule has 0 fully saturated rings. The molecule has 0 saturated heterocycles. The molecule has 156 valence electrons. The summed E-state index contributed by atoms with van der Waals surface area (Å²) >= 11 is 0. The Kier molecular flexibility index (Phi) is 8.25. The Morgan fingerprint density at radius 3 is 2.43 bits per heavy atom. The van der Waals surface area contributed by atoms with E-state index in [0.717, 1.165) is 24.8 Å². The number of hydrogen-bond donors (Lipinski definition) is 1. The number of hydrogen-bond acceptors (Lipinski definition) is 4. The normalized spacial score (nSPS) is 18.6. The van der Waals surface area contributed by atoms with Crippen molar-refractivity contribution in [2.75, 3.05) is 13.2 Å². The summed E-state index contributed by atoms with van der Waals surface area (Å²) in [5, 5.41) is -0.399. The molecule has 0 aliphatic heterocycles. The van der Waals surface area contributed by atoms with Gasteiger partial charge in [0.2, 0.25) is 10.0 Å². The van der Waals surface area contributed by atoms with E-state index >= 15 is 0 Å². The number of allylic oxidation sites excluding steroid dienone is 2. The maximum Gasteiger partial charge on any atom is 0.310 e. The van der Waals surface area contributed by atoms with Crippen LogP contribution in [-0.2, 0) is 26.0 Å². The zero-order valence-corrected chi connectivity index (χ0v) is 18.2. The molecule has 5 nitrogen and oxygen atoms in total. The van der Waals surface area contributed by atoms with Gasteiger partial charge in [-0.25, -0.2) is 13.1 Å². The van der Waals surface area contributed by atoms with Crippen LogP contribution in [0, 0.1) is 11.8 Å². The van der Waals surface area contributed by atoms with Gasteiger partial charge in [-0.15, -0.1) is 0 Å². The van der Waals surface area contributed by atoms with Gasteiger partial charge in [-0.05, 0) is 68.6 Å². The van der Waals surface area contributed by atoms with Crippen LogP contribution in [0.2, 0.25) is 0 Å². The van der Waals surface area contributed by atoms with Crippen molar-refractivity contribution in [3.63, 3.8) is 0 Å². The molecule has 0 spiro atoms. The molecule has 6 heteroatoms. The molecule has 2 atom stereocenters. The van der Waals surface area contributed by atoms with Crippen LogP contribution in [-0.4, -0.2) is 32.8 Å². The van der Waals surface area contributed by atoms with Gasteiger partial charge in [0.1, 0.15) is 0 Å². The fourth-order valence-corrected chi connectivity index (χ4v) is 4.26. The van der Waals surface area contributed by atoms with Gasteiger partial charge in [-0.1, -0.05) is 37.3 Å². The number of carbonyl (C=O) groups is 1. The van der Waals surface area contributed by atoms with Crippen molar-refractivity contribution in [2.24, 2.45) is 11.8 Å². The zero-order chi connectivity index (χ0) is 20.7. The van der Waals surface area contributed by atoms with Crippen molar-refractivity contribution in [1.29, 1.82) is 0 Å².